The first-order valence-electron chi connectivity index (χ1n) is 5.91. The zero-order chi connectivity index (χ0) is 12.7. The largest absolute Gasteiger partial charge is 0.374 e. The molecule has 6 heteroatoms. The molecule has 0 aromatic carbocycles. The Morgan fingerprint density at radius 1 is 1.47 bits per heavy atom. The highest BCUT2D eigenvalue weighted by atomic mass is 19.3. The predicted octanol–water partition coefficient (Wildman–Crippen LogP) is 0.903. The molecule has 0 heterocycles. The van der Waals surface area contributed by atoms with Gasteiger partial charge in [-0.1, -0.05) is 6.42 Å². The molecule has 1 amide bonds. The van der Waals surface area contributed by atoms with Crippen LogP contribution in [0.3, 0.4) is 0 Å². The molecule has 1 rings (SSSR count). The van der Waals surface area contributed by atoms with Gasteiger partial charge in [-0.05, 0) is 24.8 Å². The lowest BCUT2D eigenvalue weighted by Crippen LogP contribution is -2.42. The van der Waals surface area contributed by atoms with E-state index < -0.39 is 13.0 Å². The van der Waals surface area contributed by atoms with Crippen LogP contribution >= 0.6 is 0 Å². The number of carbonyl (C=O) groups excluding carboxylic acids is 1. The molecule has 0 aromatic rings. The minimum atomic E-state index is -2.46. The van der Waals surface area contributed by atoms with Gasteiger partial charge in [-0.25, -0.2) is 8.78 Å². The number of hydrogen-bond acceptors (Lipinski definition) is 3. The molecule has 0 spiro atoms. The lowest BCUT2D eigenvalue weighted by atomic mass is 9.66. The van der Waals surface area contributed by atoms with Crippen molar-refractivity contribution in [3.63, 3.8) is 0 Å². The molecule has 100 valence electrons. The smallest absolute Gasteiger partial charge is 0.261 e. The molecule has 0 atom stereocenters. The highest BCUT2D eigenvalue weighted by molar-refractivity contribution is 5.76. The fraction of sp³-hybridized carbons (Fsp3) is 0.909. The second-order valence-corrected chi connectivity index (χ2v) is 4.55. The van der Waals surface area contributed by atoms with Gasteiger partial charge in [-0.2, -0.15) is 0 Å². The van der Waals surface area contributed by atoms with Crippen LogP contribution in [0.15, 0.2) is 0 Å². The normalized spacial score (nSPS) is 17.9. The molecule has 1 aliphatic rings. The van der Waals surface area contributed by atoms with Crippen LogP contribution in [-0.4, -0.2) is 38.6 Å². The molecule has 3 N–H and O–H groups in total. The van der Waals surface area contributed by atoms with Gasteiger partial charge in [-0.15, -0.1) is 0 Å². The van der Waals surface area contributed by atoms with E-state index in [9.17, 15) is 13.6 Å². The molecule has 0 radical (unpaired) electrons. The number of halogens is 2. The van der Waals surface area contributed by atoms with Crippen molar-refractivity contribution in [2.45, 2.75) is 32.1 Å². The van der Waals surface area contributed by atoms with E-state index in [0.29, 0.717) is 13.0 Å². The van der Waals surface area contributed by atoms with E-state index in [2.05, 4.69) is 10.1 Å². The zero-order valence-corrected chi connectivity index (χ0v) is 9.88. The Labute approximate surface area is 99.9 Å². The molecule has 1 saturated carbocycles. The van der Waals surface area contributed by atoms with Gasteiger partial charge in [0, 0.05) is 13.0 Å². The fourth-order valence-electron chi connectivity index (χ4n) is 1.97. The van der Waals surface area contributed by atoms with Gasteiger partial charge in [0.05, 0.1) is 6.61 Å². The van der Waals surface area contributed by atoms with Crippen molar-refractivity contribution in [3.8, 4) is 0 Å². The zero-order valence-electron chi connectivity index (χ0n) is 9.88. The van der Waals surface area contributed by atoms with Crippen molar-refractivity contribution in [2.24, 2.45) is 11.1 Å². The highest BCUT2D eigenvalue weighted by Crippen LogP contribution is 2.42. The Morgan fingerprint density at radius 2 is 2.18 bits per heavy atom. The van der Waals surface area contributed by atoms with Crippen molar-refractivity contribution in [2.75, 3.05) is 26.3 Å². The summed E-state index contributed by atoms with van der Waals surface area (Å²) in [7, 11) is 0. The van der Waals surface area contributed by atoms with Gasteiger partial charge in [0.2, 0.25) is 5.91 Å². The van der Waals surface area contributed by atoms with Crippen LogP contribution in [-0.2, 0) is 9.53 Å². The summed E-state index contributed by atoms with van der Waals surface area (Å²) < 4.78 is 28.1. The molecule has 0 aromatic heterocycles. The monoisotopic (exact) mass is 250 g/mol. The summed E-state index contributed by atoms with van der Waals surface area (Å²) in [5, 5.41) is 2.65. The van der Waals surface area contributed by atoms with Gasteiger partial charge in [0.1, 0.15) is 6.61 Å². The Bertz CT molecular complexity index is 240. The van der Waals surface area contributed by atoms with Gasteiger partial charge in [0.25, 0.3) is 6.43 Å². The van der Waals surface area contributed by atoms with Gasteiger partial charge < -0.3 is 15.8 Å². The molecule has 0 unspecified atom stereocenters. The average Bonchev–Trinajstić information content (AvgIpc) is 2.22. The third-order valence-corrected chi connectivity index (χ3v) is 3.20. The number of hydrogen-bond donors (Lipinski definition) is 2. The minimum absolute atomic E-state index is 0.0199. The summed E-state index contributed by atoms with van der Waals surface area (Å²) in [4.78, 5) is 11.5. The number of amides is 1. The summed E-state index contributed by atoms with van der Waals surface area (Å²) in [5.74, 6) is -0.0733. The molecule has 1 fully saturated rings. The van der Waals surface area contributed by atoms with Crippen LogP contribution in [0.5, 0.6) is 0 Å². The van der Waals surface area contributed by atoms with Gasteiger partial charge >= 0.3 is 0 Å². The summed E-state index contributed by atoms with van der Waals surface area (Å²) in [6.07, 6.45) is 1.10. The second kappa shape index (κ2) is 6.86. The number of nitrogens with one attached hydrogen (secondary N) is 1. The van der Waals surface area contributed by atoms with Crippen LogP contribution in [0.2, 0.25) is 0 Å². The summed E-state index contributed by atoms with van der Waals surface area (Å²) in [6.45, 7) is 0.336. The molecule has 17 heavy (non-hydrogen) atoms. The van der Waals surface area contributed by atoms with E-state index >= 15 is 0 Å². The number of nitrogens with two attached hydrogens (primary N) is 1. The number of alkyl halides is 2. The third kappa shape index (κ3) is 4.95. The predicted molar refractivity (Wildman–Crippen MR) is 59.8 cm³/mol. The molecular weight excluding hydrogens is 230 g/mol. The van der Waals surface area contributed by atoms with Gasteiger partial charge in [0.15, 0.2) is 0 Å². The molecule has 0 saturated heterocycles. The molecular formula is C11H20F2N2O2. The summed E-state index contributed by atoms with van der Waals surface area (Å²) in [6, 6.07) is 0. The molecule has 1 aliphatic carbocycles. The molecule has 0 bridgehead atoms. The van der Waals surface area contributed by atoms with Crippen molar-refractivity contribution in [1.29, 1.82) is 0 Å². The molecule has 4 nitrogen and oxygen atoms in total. The van der Waals surface area contributed by atoms with Gasteiger partial charge in [-0.3, -0.25) is 4.79 Å². The average molecular weight is 250 g/mol. The van der Waals surface area contributed by atoms with Crippen molar-refractivity contribution >= 4 is 5.91 Å². The highest BCUT2D eigenvalue weighted by Gasteiger charge is 2.37. The van der Waals surface area contributed by atoms with Crippen molar-refractivity contribution in [3.05, 3.63) is 0 Å². The maximum atomic E-state index is 11.7. The summed E-state index contributed by atoms with van der Waals surface area (Å²) >= 11 is 0. The van der Waals surface area contributed by atoms with Crippen LogP contribution in [0.1, 0.15) is 25.7 Å². The van der Waals surface area contributed by atoms with Crippen LogP contribution in [0, 0.1) is 5.41 Å². The topological polar surface area (TPSA) is 64.4 Å². The third-order valence-electron chi connectivity index (χ3n) is 3.20. The lowest BCUT2D eigenvalue weighted by molar-refractivity contribution is -0.125. The van der Waals surface area contributed by atoms with Crippen LogP contribution in [0.4, 0.5) is 8.78 Å². The Morgan fingerprint density at radius 3 is 2.65 bits per heavy atom. The molecule has 0 aliphatic heterocycles. The van der Waals surface area contributed by atoms with E-state index in [-0.39, 0.29) is 24.5 Å². The fourth-order valence-corrected chi connectivity index (χ4v) is 1.97. The van der Waals surface area contributed by atoms with E-state index in [1.807, 2.05) is 0 Å². The van der Waals surface area contributed by atoms with E-state index in [0.717, 1.165) is 19.3 Å². The SMILES string of the molecule is NCC1(CC(=O)NCCOCC(F)F)CCC1. The Hall–Kier alpha value is -0.750. The van der Waals surface area contributed by atoms with Crippen molar-refractivity contribution in [1.82, 2.24) is 5.32 Å². The first-order valence-corrected chi connectivity index (χ1v) is 5.91. The minimum Gasteiger partial charge on any atom is -0.374 e. The summed E-state index contributed by atoms with van der Waals surface area (Å²) in [5.41, 5.74) is 5.62. The van der Waals surface area contributed by atoms with E-state index in [1.54, 1.807) is 0 Å². The standard InChI is InChI=1S/C11H20F2N2O2/c12-9(13)7-17-5-4-15-10(16)6-11(8-14)2-1-3-11/h9H,1-8,14H2,(H,15,16). The lowest BCUT2D eigenvalue weighted by Gasteiger charge is -2.40. The second-order valence-electron chi connectivity index (χ2n) is 4.55. The Kier molecular flexibility index (Phi) is 5.77. The maximum absolute atomic E-state index is 11.7. The van der Waals surface area contributed by atoms with E-state index in [4.69, 9.17) is 5.73 Å². The van der Waals surface area contributed by atoms with E-state index in [1.165, 1.54) is 0 Å². The van der Waals surface area contributed by atoms with Crippen LogP contribution in [0.25, 0.3) is 0 Å². The number of carbonyl (C=O) groups is 1. The maximum Gasteiger partial charge on any atom is 0.261 e. The number of ether oxygens (including phenoxy) is 1. The quantitative estimate of drug-likeness (QED) is 0.629. The van der Waals surface area contributed by atoms with Crippen molar-refractivity contribution < 1.29 is 18.3 Å². The first kappa shape index (κ1) is 14.3. The van der Waals surface area contributed by atoms with Crippen LogP contribution < -0.4 is 11.1 Å². The first-order chi connectivity index (χ1) is 8.08. The number of rotatable bonds is 8. The Balaban J connectivity index is 2.05.